The molecule has 0 radical (unpaired) electrons. The van der Waals surface area contributed by atoms with Gasteiger partial charge in [-0.25, -0.2) is 0 Å². The molecule has 1 fully saturated rings. The third kappa shape index (κ3) is 4.66. The summed E-state index contributed by atoms with van der Waals surface area (Å²) in [6, 6.07) is 0. The van der Waals surface area contributed by atoms with Crippen molar-refractivity contribution in [3.05, 3.63) is 0 Å². The van der Waals surface area contributed by atoms with Crippen LogP contribution < -0.4 is 0 Å². The largest absolute Gasteiger partial charge is 0.481 e. The van der Waals surface area contributed by atoms with Crippen molar-refractivity contribution in [2.45, 2.75) is 65.9 Å². The molecule has 0 amide bonds. The SMILES string of the molecule is CC.CC1CCC(C(C)C)[C@](O)(CC(=O)O)C1. The number of carboxylic acid groups (broad SMARTS) is 1. The molecule has 0 aromatic carbocycles. The second kappa shape index (κ2) is 7.00. The molecule has 1 aliphatic carbocycles. The Morgan fingerprint density at radius 2 is 1.88 bits per heavy atom. The highest BCUT2D eigenvalue weighted by Gasteiger charge is 2.43. The second-order valence-corrected chi connectivity index (χ2v) is 5.41. The van der Waals surface area contributed by atoms with Crippen molar-refractivity contribution in [2.24, 2.45) is 17.8 Å². The summed E-state index contributed by atoms with van der Waals surface area (Å²) < 4.78 is 0. The van der Waals surface area contributed by atoms with Crippen LogP contribution in [-0.2, 0) is 4.79 Å². The first-order valence-electron chi connectivity index (χ1n) is 6.79. The minimum absolute atomic E-state index is 0.111. The molecular weight excluding hydrogens is 216 g/mol. The van der Waals surface area contributed by atoms with Crippen LogP contribution in [0, 0.1) is 17.8 Å². The molecule has 0 heterocycles. The van der Waals surface area contributed by atoms with Crippen molar-refractivity contribution in [1.82, 2.24) is 0 Å². The van der Waals surface area contributed by atoms with E-state index in [9.17, 15) is 9.90 Å². The van der Waals surface area contributed by atoms with Gasteiger partial charge < -0.3 is 10.2 Å². The Morgan fingerprint density at radius 1 is 1.35 bits per heavy atom. The zero-order chi connectivity index (χ0) is 13.6. The summed E-state index contributed by atoms with van der Waals surface area (Å²) in [6.07, 6.45) is 2.57. The van der Waals surface area contributed by atoms with E-state index in [1.54, 1.807) is 0 Å². The lowest BCUT2D eigenvalue weighted by atomic mass is 9.66. The lowest BCUT2D eigenvalue weighted by molar-refractivity contribution is -0.150. The molecule has 3 atom stereocenters. The summed E-state index contributed by atoms with van der Waals surface area (Å²) in [5.41, 5.74) is -0.988. The lowest BCUT2D eigenvalue weighted by Gasteiger charge is -2.43. The third-order valence-electron chi connectivity index (χ3n) is 3.62. The molecule has 0 aromatic rings. The average Bonchev–Trinajstić information content (AvgIpc) is 2.17. The van der Waals surface area contributed by atoms with Gasteiger partial charge in [0.1, 0.15) is 0 Å². The number of aliphatic hydroxyl groups is 1. The molecule has 0 aliphatic heterocycles. The first-order valence-corrected chi connectivity index (χ1v) is 6.79. The van der Waals surface area contributed by atoms with Gasteiger partial charge in [-0.2, -0.15) is 0 Å². The molecular formula is C14H28O3. The number of carbonyl (C=O) groups is 1. The van der Waals surface area contributed by atoms with Gasteiger partial charge in [0.2, 0.25) is 0 Å². The predicted octanol–water partition coefficient (Wildman–Crippen LogP) is 3.31. The maximum atomic E-state index is 10.8. The molecule has 102 valence electrons. The smallest absolute Gasteiger partial charge is 0.306 e. The molecule has 0 bridgehead atoms. The average molecular weight is 244 g/mol. The highest BCUT2D eigenvalue weighted by molar-refractivity contribution is 5.68. The summed E-state index contributed by atoms with van der Waals surface area (Å²) in [6.45, 7) is 10.2. The Labute approximate surface area is 105 Å². The van der Waals surface area contributed by atoms with E-state index in [1.165, 1.54) is 0 Å². The molecule has 0 aromatic heterocycles. The molecule has 0 spiro atoms. The minimum Gasteiger partial charge on any atom is -0.481 e. The summed E-state index contributed by atoms with van der Waals surface area (Å²) in [5.74, 6) is 0.0215. The molecule has 2 unspecified atom stereocenters. The fourth-order valence-electron chi connectivity index (χ4n) is 3.01. The van der Waals surface area contributed by atoms with Gasteiger partial charge in [0.25, 0.3) is 0 Å². The quantitative estimate of drug-likeness (QED) is 0.800. The van der Waals surface area contributed by atoms with Crippen LogP contribution in [0.15, 0.2) is 0 Å². The van der Waals surface area contributed by atoms with Crippen LogP contribution in [0.2, 0.25) is 0 Å². The fourth-order valence-corrected chi connectivity index (χ4v) is 3.01. The number of aliphatic carboxylic acids is 1. The van der Waals surface area contributed by atoms with Crippen LogP contribution in [0.3, 0.4) is 0 Å². The van der Waals surface area contributed by atoms with Gasteiger partial charge in [0.05, 0.1) is 12.0 Å². The number of hydrogen-bond acceptors (Lipinski definition) is 2. The number of carboxylic acids is 1. The van der Waals surface area contributed by atoms with Gasteiger partial charge in [-0.05, 0) is 30.6 Å². The van der Waals surface area contributed by atoms with Crippen LogP contribution in [-0.4, -0.2) is 21.8 Å². The van der Waals surface area contributed by atoms with E-state index in [1.807, 2.05) is 13.8 Å². The maximum absolute atomic E-state index is 10.8. The zero-order valence-electron chi connectivity index (χ0n) is 11.9. The molecule has 2 N–H and O–H groups in total. The van der Waals surface area contributed by atoms with E-state index < -0.39 is 11.6 Å². The summed E-state index contributed by atoms with van der Waals surface area (Å²) in [5, 5.41) is 19.3. The van der Waals surface area contributed by atoms with Gasteiger partial charge in [-0.15, -0.1) is 0 Å². The molecule has 0 saturated heterocycles. The van der Waals surface area contributed by atoms with E-state index in [4.69, 9.17) is 5.11 Å². The van der Waals surface area contributed by atoms with Crippen molar-refractivity contribution < 1.29 is 15.0 Å². The van der Waals surface area contributed by atoms with Crippen LogP contribution in [0.5, 0.6) is 0 Å². The summed E-state index contributed by atoms with van der Waals surface area (Å²) in [4.78, 5) is 10.8. The Hall–Kier alpha value is -0.570. The number of hydrogen-bond donors (Lipinski definition) is 2. The van der Waals surface area contributed by atoms with Crippen molar-refractivity contribution in [1.29, 1.82) is 0 Å². The molecule has 1 rings (SSSR count). The standard InChI is InChI=1S/C12H22O3.C2H6/c1-8(2)10-5-4-9(3)6-12(10,15)7-11(13)14;1-2/h8-10,15H,4-7H2,1-3H3,(H,13,14);1-2H3/t9?,10?,12-;/m1./s1. The predicted molar refractivity (Wildman–Crippen MR) is 69.9 cm³/mol. The second-order valence-electron chi connectivity index (χ2n) is 5.41. The van der Waals surface area contributed by atoms with Gasteiger partial charge in [-0.3, -0.25) is 4.79 Å². The lowest BCUT2D eigenvalue weighted by Crippen LogP contribution is -2.46. The maximum Gasteiger partial charge on any atom is 0.306 e. The topological polar surface area (TPSA) is 57.5 Å². The van der Waals surface area contributed by atoms with E-state index in [0.29, 0.717) is 18.3 Å². The Balaban J connectivity index is 0.00000121. The summed E-state index contributed by atoms with van der Waals surface area (Å²) >= 11 is 0. The van der Waals surface area contributed by atoms with Crippen LogP contribution >= 0.6 is 0 Å². The molecule has 3 heteroatoms. The van der Waals surface area contributed by atoms with Crippen LogP contribution in [0.1, 0.15) is 60.3 Å². The normalized spacial score (nSPS) is 32.9. The number of rotatable bonds is 3. The summed E-state index contributed by atoms with van der Waals surface area (Å²) in [7, 11) is 0. The Kier molecular flexibility index (Phi) is 6.76. The third-order valence-corrected chi connectivity index (χ3v) is 3.62. The van der Waals surface area contributed by atoms with Crippen molar-refractivity contribution >= 4 is 5.97 Å². The van der Waals surface area contributed by atoms with E-state index >= 15 is 0 Å². The fraction of sp³-hybridized carbons (Fsp3) is 0.929. The monoisotopic (exact) mass is 244 g/mol. The molecule has 17 heavy (non-hydrogen) atoms. The van der Waals surface area contributed by atoms with Gasteiger partial charge in [-0.1, -0.05) is 41.0 Å². The first-order chi connectivity index (χ1) is 7.85. The van der Waals surface area contributed by atoms with Crippen molar-refractivity contribution in [3.8, 4) is 0 Å². The van der Waals surface area contributed by atoms with E-state index in [-0.39, 0.29) is 12.3 Å². The van der Waals surface area contributed by atoms with E-state index in [2.05, 4.69) is 20.8 Å². The van der Waals surface area contributed by atoms with Gasteiger partial charge >= 0.3 is 5.97 Å². The zero-order valence-corrected chi connectivity index (χ0v) is 11.9. The van der Waals surface area contributed by atoms with Crippen LogP contribution in [0.25, 0.3) is 0 Å². The highest BCUT2D eigenvalue weighted by atomic mass is 16.4. The van der Waals surface area contributed by atoms with E-state index in [0.717, 1.165) is 12.8 Å². The minimum atomic E-state index is -0.988. The highest BCUT2D eigenvalue weighted by Crippen LogP contribution is 2.42. The molecule has 3 nitrogen and oxygen atoms in total. The molecule has 1 aliphatic rings. The first kappa shape index (κ1) is 16.4. The Morgan fingerprint density at radius 3 is 2.29 bits per heavy atom. The Bertz CT molecular complexity index is 238. The van der Waals surface area contributed by atoms with Crippen LogP contribution in [0.4, 0.5) is 0 Å². The van der Waals surface area contributed by atoms with Crippen molar-refractivity contribution in [2.75, 3.05) is 0 Å². The van der Waals surface area contributed by atoms with Gasteiger partial charge in [0, 0.05) is 0 Å². The van der Waals surface area contributed by atoms with Gasteiger partial charge in [0.15, 0.2) is 0 Å². The molecule has 1 saturated carbocycles. The van der Waals surface area contributed by atoms with Crippen molar-refractivity contribution in [3.63, 3.8) is 0 Å².